The third-order valence-corrected chi connectivity index (χ3v) is 6.94. The van der Waals surface area contributed by atoms with Crippen molar-refractivity contribution in [3.63, 3.8) is 0 Å². The highest BCUT2D eigenvalue weighted by Crippen LogP contribution is 2.34. The quantitative estimate of drug-likeness (QED) is 0.240. The Kier molecular flexibility index (Phi) is 6.82. The lowest BCUT2D eigenvalue weighted by Gasteiger charge is -2.18. The Morgan fingerprint density at radius 2 is 1.70 bits per heavy atom. The molecule has 2 aromatic carbocycles. The second kappa shape index (κ2) is 10.6. The molecule has 4 aromatic heterocycles. The highest BCUT2D eigenvalue weighted by atomic mass is 35.5. The minimum Gasteiger partial charge on any atom is -0.263 e. The lowest BCUT2D eigenvalue weighted by molar-refractivity contribution is 0.508. The molecule has 200 valence electrons. The van der Waals surface area contributed by atoms with E-state index in [1.165, 1.54) is 29.1 Å². The third kappa shape index (κ3) is 4.96. The summed E-state index contributed by atoms with van der Waals surface area (Å²) in [5.74, 6) is -0.939. The van der Waals surface area contributed by atoms with E-state index in [2.05, 4.69) is 25.7 Å². The Morgan fingerprint density at radius 1 is 0.875 bits per heavy atom. The number of rotatable bonds is 7. The average molecular weight is 578 g/mol. The van der Waals surface area contributed by atoms with Gasteiger partial charge in [-0.15, -0.1) is 10.2 Å². The van der Waals surface area contributed by atoms with Crippen molar-refractivity contribution in [2.45, 2.75) is 12.5 Å². The first-order valence-corrected chi connectivity index (χ1v) is 12.8. The van der Waals surface area contributed by atoms with Crippen LogP contribution in [0.2, 0.25) is 10.2 Å². The van der Waals surface area contributed by atoms with Crippen LogP contribution in [0.5, 0.6) is 0 Å². The van der Waals surface area contributed by atoms with Gasteiger partial charge in [-0.1, -0.05) is 51.8 Å². The molecule has 1 unspecified atom stereocenters. The number of benzene rings is 2. The first kappa shape index (κ1) is 25.8. The van der Waals surface area contributed by atoms with Crippen LogP contribution in [0.1, 0.15) is 17.3 Å². The summed E-state index contributed by atoms with van der Waals surface area (Å²) < 4.78 is 33.8. The van der Waals surface area contributed by atoms with E-state index in [1.807, 2.05) is 6.20 Å². The lowest BCUT2D eigenvalue weighted by atomic mass is 10.0. The van der Waals surface area contributed by atoms with Crippen molar-refractivity contribution in [1.82, 2.24) is 44.8 Å². The number of aromatic nitrogens is 9. The molecule has 0 saturated heterocycles. The molecule has 0 aliphatic rings. The number of pyridine rings is 1. The predicted molar refractivity (Wildman–Crippen MR) is 145 cm³/mol. The van der Waals surface area contributed by atoms with Gasteiger partial charge in [0.05, 0.1) is 46.7 Å². The normalized spacial score (nSPS) is 12.1. The van der Waals surface area contributed by atoms with Gasteiger partial charge in [0, 0.05) is 42.6 Å². The summed E-state index contributed by atoms with van der Waals surface area (Å²) in [6, 6.07) is 12.6. The molecule has 0 bridgehead atoms. The van der Waals surface area contributed by atoms with Crippen molar-refractivity contribution in [2.24, 2.45) is 7.05 Å². The third-order valence-electron chi connectivity index (χ3n) is 6.47. The van der Waals surface area contributed by atoms with Gasteiger partial charge in [0.25, 0.3) is 0 Å². The van der Waals surface area contributed by atoms with E-state index in [4.69, 9.17) is 28.2 Å². The largest absolute Gasteiger partial charge is 0.263 e. The second-order valence-electron chi connectivity index (χ2n) is 9.01. The van der Waals surface area contributed by atoms with Crippen LogP contribution in [0.25, 0.3) is 28.1 Å². The van der Waals surface area contributed by atoms with Gasteiger partial charge in [-0.25, -0.2) is 18.1 Å². The maximum Gasteiger partial charge on any atom is 0.171 e. The fourth-order valence-electron chi connectivity index (χ4n) is 4.49. The number of aryl methyl sites for hydroxylation is 1. The molecular weight excluding hydrogens is 559 g/mol. The van der Waals surface area contributed by atoms with Gasteiger partial charge >= 0.3 is 0 Å². The van der Waals surface area contributed by atoms with Crippen LogP contribution < -0.4 is 0 Å². The summed E-state index contributed by atoms with van der Waals surface area (Å²) in [5.41, 5.74) is 4.26. The van der Waals surface area contributed by atoms with Crippen LogP contribution in [-0.2, 0) is 13.5 Å². The Bertz CT molecular complexity index is 1790. The number of halogens is 4. The molecule has 0 radical (unpaired) electrons. The second-order valence-corrected chi connectivity index (χ2v) is 9.81. The van der Waals surface area contributed by atoms with E-state index >= 15 is 4.39 Å². The minimum atomic E-state index is -0.621. The van der Waals surface area contributed by atoms with Crippen LogP contribution in [0.3, 0.4) is 0 Å². The summed E-state index contributed by atoms with van der Waals surface area (Å²) >= 11 is 12.1. The van der Waals surface area contributed by atoms with E-state index in [-0.39, 0.29) is 27.6 Å². The summed E-state index contributed by atoms with van der Waals surface area (Å²) in [6.07, 6.45) is 8.78. The zero-order valence-corrected chi connectivity index (χ0v) is 22.3. The Morgan fingerprint density at radius 3 is 2.38 bits per heavy atom. The van der Waals surface area contributed by atoms with Gasteiger partial charge < -0.3 is 0 Å². The Labute approximate surface area is 236 Å². The number of hydrogen-bond acceptors (Lipinski definition) is 6. The monoisotopic (exact) mass is 577 g/mol. The van der Waals surface area contributed by atoms with Crippen LogP contribution in [0, 0.1) is 11.6 Å². The summed E-state index contributed by atoms with van der Waals surface area (Å²) in [6.45, 7) is 0. The highest BCUT2D eigenvalue weighted by Gasteiger charge is 2.21. The molecule has 0 amide bonds. The molecule has 0 N–H and O–H groups in total. The average Bonchev–Trinajstić information content (AvgIpc) is 3.71. The standard InChI is InChI=1S/C27H19Cl2F2N9/c1-38-24(13-33-36-38)18-12-34-39(14-18)23(10-16-2-5-19(30)6-3-16)21-8-4-17(11-32-21)26-22(9-7-20(28)27(26)31)40-15-25(29)35-37-40/h2-9,11-15,23H,10H2,1H3. The zero-order valence-electron chi connectivity index (χ0n) is 20.8. The predicted octanol–water partition coefficient (Wildman–Crippen LogP) is 5.74. The molecule has 0 spiro atoms. The molecule has 1 atom stereocenters. The molecule has 0 saturated carbocycles. The van der Waals surface area contributed by atoms with Crippen molar-refractivity contribution in [1.29, 1.82) is 0 Å². The fourth-order valence-corrected chi connectivity index (χ4v) is 4.77. The maximum absolute atomic E-state index is 15.3. The minimum absolute atomic E-state index is 0.0445. The van der Waals surface area contributed by atoms with Crippen LogP contribution in [0.15, 0.2) is 79.5 Å². The van der Waals surface area contributed by atoms with Crippen LogP contribution >= 0.6 is 23.2 Å². The first-order valence-electron chi connectivity index (χ1n) is 12.0. The van der Waals surface area contributed by atoms with Crippen molar-refractivity contribution >= 4 is 23.2 Å². The summed E-state index contributed by atoms with van der Waals surface area (Å²) in [7, 11) is 1.80. The SMILES string of the molecule is Cn1nncc1-c1cnn(C(Cc2ccc(F)cc2)c2ccc(-c3c(-n4cc(Cl)nn4)ccc(Cl)c3F)cn2)c1. The molecule has 0 aliphatic carbocycles. The zero-order chi connectivity index (χ0) is 27.8. The topological polar surface area (TPSA) is 92.1 Å². The molecule has 0 fully saturated rings. The van der Waals surface area contributed by atoms with Gasteiger partial charge in [-0.05, 0) is 35.9 Å². The summed E-state index contributed by atoms with van der Waals surface area (Å²) in [4.78, 5) is 4.70. The van der Waals surface area contributed by atoms with Crippen molar-refractivity contribution < 1.29 is 8.78 Å². The first-order chi connectivity index (χ1) is 19.4. The van der Waals surface area contributed by atoms with Gasteiger partial charge in [0.2, 0.25) is 0 Å². The van der Waals surface area contributed by atoms with Gasteiger partial charge in [0.15, 0.2) is 11.0 Å². The molecule has 6 rings (SSSR count). The molecule has 0 aliphatic heterocycles. The van der Waals surface area contributed by atoms with E-state index in [0.29, 0.717) is 23.4 Å². The van der Waals surface area contributed by atoms with E-state index in [9.17, 15) is 4.39 Å². The smallest absolute Gasteiger partial charge is 0.171 e. The number of nitrogens with zero attached hydrogens (tertiary/aromatic N) is 9. The summed E-state index contributed by atoms with van der Waals surface area (Å²) in [5, 5.41) is 20.4. The molecular formula is C27H19Cl2F2N9. The maximum atomic E-state index is 15.3. The molecule has 13 heteroatoms. The molecule has 40 heavy (non-hydrogen) atoms. The fraction of sp³-hybridized carbons (Fsp3) is 0.111. The van der Waals surface area contributed by atoms with Gasteiger partial charge in [-0.3, -0.25) is 9.67 Å². The highest BCUT2D eigenvalue weighted by molar-refractivity contribution is 6.31. The van der Waals surface area contributed by atoms with Crippen molar-refractivity contribution in [2.75, 3.05) is 0 Å². The van der Waals surface area contributed by atoms with E-state index in [1.54, 1.807) is 65.3 Å². The van der Waals surface area contributed by atoms with Gasteiger partial charge in [-0.2, -0.15) is 5.10 Å². The van der Waals surface area contributed by atoms with Crippen LogP contribution in [0.4, 0.5) is 8.78 Å². The molecule has 4 heterocycles. The van der Waals surface area contributed by atoms with Crippen LogP contribution in [-0.4, -0.2) is 44.8 Å². The Balaban J connectivity index is 1.40. The Hall–Kier alpha value is -4.48. The van der Waals surface area contributed by atoms with E-state index < -0.39 is 5.82 Å². The lowest BCUT2D eigenvalue weighted by Crippen LogP contribution is -2.16. The van der Waals surface area contributed by atoms with E-state index in [0.717, 1.165) is 16.8 Å². The number of hydrogen-bond donors (Lipinski definition) is 0. The van der Waals surface area contributed by atoms with Crippen molar-refractivity contribution in [3.05, 3.63) is 113 Å². The molecule has 6 aromatic rings. The molecule has 9 nitrogen and oxygen atoms in total. The van der Waals surface area contributed by atoms with Crippen molar-refractivity contribution in [3.8, 4) is 28.1 Å². The van der Waals surface area contributed by atoms with Gasteiger partial charge in [0.1, 0.15) is 5.82 Å².